The molecule has 0 aromatic rings. The van der Waals surface area contributed by atoms with Gasteiger partial charge in [0.25, 0.3) is 0 Å². The third kappa shape index (κ3) is 4.16. The lowest BCUT2D eigenvalue weighted by molar-refractivity contribution is -0.212. The van der Waals surface area contributed by atoms with E-state index in [0.717, 1.165) is 19.3 Å². The molecule has 4 rings (SSSR count). The normalized spacial score (nSPS) is 33.2. The Balaban J connectivity index is 1.39. The van der Waals surface area contributed by atoms with E-state index in [1.54, 1.807) is 0 Å². The maximum Gasteiger partial charge on any atom is 0.422 e. The molecule has 0 amide bonds. The lowest BCUT2D eigenvalue weighted by atomic mass is 9.54. The molecular formula is C17H21F3O5. The van der Waals surface area contributed by atoms with Crippen LogP contribution in [0.4, 0.5) is 13.2 Å². The molecule has 4 aliphatic carbocycles. The summed E-state index contributed by atoms with van der Waals surface area (Å²) in [6.45, 7) is 1.42. The number of carbonyl (C=O) groups is 2. The van der Waals surface area contributed by atoms with Crippen LogP contribution in [-0.4, -0.2) is 37.1 Å². The van der Waals surface area contributed by atoms with Gasteiger partial charge in [0.2, 0.25) is 0 Å². The number of ether oxygens (including phenoxy) is 3. The number of hydrogen-bond donors (Lipinski definition) is 0. The smallest absolute Gasteiger partial charge is 0.422 e. The highest BCUT2D eigenvalue weighted by Gasteiger charge is 2.51. The Morgan fingerprint density at radius 3 is 2.00 bits per heavy atom. The van der Waals surface area contributed by atoms with Crippen LogP contribution in [-0.2, 0) is 23.8 Å². The van der Waals surface area contributed by atoms with Gasteiger partial charge in [-0.25, -0.2) is 9.59 Å². The SMILES string of the molecule is C=C(C(=O)OCC(=O)OCOC12CC3CC(CC(C3)C1)C2)C(F)(F)F. The molecule has 0 radical (unpaired) electrons. The Morgan fingerprint density at radius 1 is 1.00 bits per heavy atom. The van der Waals surface area contributed by atoms with Crippen LogP contribution in [0.25, 0.3) is 0 Å². The van der Waals surface area contributed by atoms with Crippen molar-refractivity contribution in [2.24, 2.45) is 17.8 Å². The number of hydrogen-bond acceptors (Lipinski definition) is 5. The van der Waals surface area contributed by atoms with E-state index >= 15 is 0 Å². The molecule has 0 unspecified atom stereocenters. The van der Waals surface area contributed by atoms with Crippen molar-refractivity contribution in [3.8, 4) is 0 Å². The van der Waals surface area contributed by atoms with Crippen molar-refractivity contribution in [2.45, 2.75) is 50.3 Å². The van der Waals surface area contributed by atoms with Gasteiger partial charge in [0, 0.05) is 0 Å². The van der Waals surface area contributed by atoms with E-state index in [-0.39, 0.29) is 12.4 Å². The summed E-state index contributed by atoms with van der Waals surface area (Å²) in [5.41, 5.74) is -1.90. The van der Waals surface area contributed by atoms with Crippen molar-refractivity contribution in [3.05, 3.63) is 12.2 Å². The van der Waals surface area contributed by atoms with Crippen LogP contribution in [0.1, 0.15) is 38.5 Å². The van der Waals surface area contributed by atoms with E-state index in [4.69, 9.17) is 9.47 Å². The Bertz CT molecular complexity index is 534. The summed E-state index contributed by atoms with van der Waals surface area (Å²) in [5, 5.41) is 0. The van der Waals surface area contributed by atoms with Crippen LogP contribution in [0.2, 0.25) is 0 Å². The molecule has 4 bridgehead atoms. The van der Waals surface area contributed by atoms with Gasteiger partial charge in [0.05, 0.1) is 5.60 Å². The van der Waals surface area contributed by atoms with Crippen molar-refractivity contribution < 1.29 is 37.0 Å². The molecule has 5 nitrogen and oxygen atoms in total. The Kier molecular flexibility index (Phi) is 4.83. The van der Waals surface area contributed by atoms with Crippen molar-refractivity contribution >= 4 is 11.9 Å². The van der Waals surface area contributed by atoms with Gasteiger partial charge in [-0.3, -0.25) is 0 Å². The molecule has 0 spiro atoms. The predicted molar refractivity (Wildman–Crippen MR) is 79.1 cm³/mol. The van der Waals surface area contributed by atoms with Crippen LogP contribution in [0.15, 0.2) is 12.2 Å². The second kappa shape index (κ2) is 6.63. The van der Waals surface area contributed by atoms with Gasteiger partial charge in [-0.1, -0.05) is 6.58 Å². The number of esters is 2. The fraction of sp³-hybridized carbons (Fsp3) is 0.765. The van der Waals surface area contributed by atoms with Crippen LogP contribution >= 0.6 is 0 Å². The van der Waals surface area contributed by atoms with Crippen LogP contribution < -0.4 is 0 Å². The van der Waals surface area contributed by atoms with Gasteiger partial charge in [-0.05, 0) is 56.3 Å². The largest absolute Gasteiger partial charge is 0.450 e. The first-order valence-corrected chi connectivity index (χ1v) is 8.40. The number of rotatable bonds is 6. The van der Waals surface area contributed by atoms with E-state index in [0.29, 0.717) is 17.8 Å². The number of alkyl halides is 3. The van der Waals surface area contributed by atoms with Gasteiger partial charge in [-0.2, -0.15) is 13.2 Å². The molecule has 0 aromatic heterocycles. The van der Waals surface area contributed by atoms with Gasteiger partial charge >= 0.3 is 18.1 Å². The molecule has 0 atom stereocenters. The van der Waals surface area contributed by atoms with Gasteiger partial charge < -0.3 is 14.2 Å². The van der Waals surface area contributed by atoms with Crippen molar-refractivity contribution in [2.75, 3.05) is 13.4 Å². The summed E-state index contributed by atoms with van der Waals surface area (Å²) < 4.78 is 51.7. The van der Waals surface area contributed by atoms with E-state index in [1.165, 1.54) is 19.3 Å². The summed E-state index contributed by atoms with van der Waals surface area (Å²) in [7, 11) is 0. The second-order valence-electron chi connectivity index (χ2n) is 7.43. The highest BCUT2D eigenvalue weighted by atomic mass is 19.4. The Hall–Kier alpha value is -1.57. The summed E-state index contributed by atoms with van der Waals surface area (Å²) in [6.07, 6.45) is 1.78. The monoisotopic (exact) mass is 362 g/mol. The van der Waals surface area contributed by atoms with Crippen molar-refractivity contribution in [1.29, 1.82) is 0 Å². The van der Waals surface area contributed by atoms with Crippen molar-refractivity contribution in [3.63, 3.8) is 0 Å². The van der Waals surface area contributed by atoms with E-state index < -0.39 is 30.3 Å². The molecule has 8 heteroatoms. The zero-order valence-electron chi connectivity index (χ0n) is 13.8. The minimum atomic E-state index is -4.89. The zero-order chi connectivity index (χ0) is 18.2. The third-order valence-corrected chi connectivity index (χ3v) is 5.48. The molecule has 0 heterocycles. The van der Waals surface area contributed by atoms with Crippen LogP contribution in [0.3, 0.4) is 0 Å². The van der Waals surface area contributed by atoms with Gasteiger partial charge in [-0.15, -0.1) is 0 Å². The van der Waals surface area contributed by atoms with Crippen molar-refractivity contribution in [1.82, 2.24) is 0 Å². The summed E-state index contributed by atoms with van der Waals surface area (Å²) in [4.78, 5) is 22.6. The summed E-state index contributed by atoms with van der Waals surface area (Å²) in [6, 6.07) is 0. The first-order chi connectivity index (χ1) is 11.7. The average Bonchev–Trinajstić information content (AvgIpc) is 2.49. The molecule has 4 fully saturated rings. The van der Waals surface area contributed by atoms with Gasteiger partial charge in [0.15, 0.2) is 13.4 Å². The molecule has 0 saturated heterocycles. The van der Waals surface area contributed by atoms with E-state index in [1.807, 2.05) is 0 Å². The molecule has 0 N–H and O–H groups in total. The lowest BCUT2D eigenvalue weighted by Crippen LogP contribution is -2.52. The van der Waals surface area contributed by atoms with Gasteiger partial charge in [0.1, 0.15) is 5.57 Å². The second-order valence-corrected chi connectivity index (χ2v) is 7.43. The molecule has 4 saturated carbocycles. The minimum Gasteiger partial charge on any atom is -0.450 e. The maximum atomic E-state index is 12.2. The zero-order valence-corrected chi connectivity index (χ0v) is 13.8. The fourth-order valence-electron chi connectivity index (χ4n) is 4.80. The predicted octanol–water partition coefficient (Wildman–Crippen LogP) is 3.13. The number of halogens is 3. The van der Waals surface area contributed by atoms with Crippen LogP contribution in [0.5, 0.6) is 0 Å². The van der Waals surface area contributed by atoms with Crippen LogP contribution in [0, 0.1) is 17.8 Å². The quantitative estimate of drug-likeness (QED) is 0.413. The summed E-state index contributed by atoms with van der Waals surface area (Å²) >= 11 is 0. The third-order valence-electron chi connectivity index (χ3n) is 5.48. The topological polar surface area (TPSA) is 61.8 Å². The summed E-state index contributed by atoms with van der Waals surface area (Å²) in [5.74, 6) is -0.608. The molecular weight excluding hydrogens is 341 g/mol. The highest BCUT2D eigenvalue weighted by Crippen LogP contribution is 2.57. The average molecular weight is 362 g/mol. The minimum absolute atomic E-state index is 0.240. The molecule has 4 aliphatic rings. The van der Waals surface area contributed by atoms with E-state index in [2.05, 4.69) is 11.3 Å². The first kappa shape index (κ1) is 18.2. The first-order valence-electron chi connectivity index (χ1n) is 8.40. The number of carbonyl (C=O) groups excluding carboxylic acids is 2. The molecule has 0 aliphatic heterocycles. The maximum absolute atomic E-state index is 12.2. The highest BCUT2D eigenvalue weighted by molar-refractivity contribution is 5.90. The molecule has 140 valence electrons. The molecule has 25 heavy (non-hydrogen) atoms. The lowest BCUT2D eigenvalue weighted by Gasteiger charge is -2.56. The fourth-order valence-corrected chi connectivity index (χ4v) is 4.80. The van der Waals surface area contributed by atoms with E-state index in [9.17, 15) is 22.8 Å². The Morgan fingerprint density at radius 2 is 1.52 bits per heavy atom. The Labute approximate surface area is 143 Å². The molecule has 0 aromatic carbocycles. The standard InChI is InChI=1S/C17H21F3O5/c1-10(17(18,19)20)15(22)23-8-14(21)24-9-25-16-5-11-2-12(6-16)4-13(3-11)7-16/h11-13H,1-9H2.